The van der Waals surface area contributed by atoms with Crippen LogP contribution in [-0.2, 0) is 0 Å². The van der Waals surface area contributed by atoms with E-state index in [9.17, 15) is 8.78 Å². The van der Waals surface area contributed by atoms with Crippen molar-refractivity contribution in [2.45, 2.75) is 12.6 Å². The number of anilines is 1. The summed E-state index contributed by atoms with van der Waals surface area (Å²) in [5, 5.41) is 3.85. The molecule has 74 valence electrons. The molecule has 0 fully saturated rings. The van der Waals surface area contributed by atoms with Crippen molar-refractivity contribution < 1.29 is 8.78 Å². The van der Waals surface area contributed by atoms with Gasteiger partial charge in [0.2, 0.25) is 0 Å². The second-order valence-electron chi connectivity index (χ2n) is 3.09. The van der Waals surface area contributed by atoms with Crippen molar-refractivity contribution in [2.24, 2.45) is 0 Å². The maximum Gasteiger partial charge on any atom is 0.145 e. The van der Waals surface area contributed by atoms with Gasteiger partial charge in [0.25, 0.3) is 0 Å². The zero-order chi connectivity index (χ0) is 10.1. The van der Waals surface area contributed by atoms with E-state index in [0.29, 0.717) is 11.5 Å². The molecule has 1 aliphatic rings. The summed E-state index contributed by atoms with van der Waals surface area (Å²) in [6.07, 6.45) is 2.64. The van der Waals surface area contributed by atoms with Gasteiger partial charge in [-0.25, -0.2) is 13.5 Å². The minimum Gasteiger partial charge on any atom is -0.382 e. The zero-order valence-corrected chi connectivity index (χ0v) is 7.32. The molecule has 1 atom stereocenters. The summed E-state index contributed by atoms with van der Waals surface area (Å²) in [6.45, 7) is 0. The van der Waals surface area contributed by atoms with Crippen LogP contribution in [0, 0.1) is 0 Å². The van der Waals surface area contributed by atoms with Crippen LogP contribution < -0.4 is 5.73 Å². The van der Waals surface area contributed by atoms with Crippen LogP contribution >= 0.6 is 0 Å². The third-order valence-corrected chi connectivity index (χ3v) is 1.92. The van der Waals surface area contributed by atoms with Gasteiger partial charge in [0.1, 0.15) is 17.8 Å². The van der Waals surface area contributed by atoms with E-state index in [1.165, 1.54) is 16.8 Å². The summed E-state index contributed by atoms with van der Waals surface area (Å²) < 4.78 is 27.2. The number of hydrogen-bond acceptors (Lipinski definition) is 2. The van der Waals surface area contributed by atoms with Crippen molar-refractivity contribution in [3.05, 3.63) is 30.2 Å². The van der Waals surface area contributed by atoms with E-state index >= 15 is 0 Å². The highest BCUT2D eigenvalue weighted by molar-refractivity contribution is 5.60. The molecule has 0 aliphatic heterocycles. The number of halogens is 2. The van der Waals surface area contributed by atoms with Crippen LogP contribution in [0.5, 0.6) is 0 Å². The maximum atomic E-state index is 12.9. The van der Waals surface area contributed by atoms with Crippen LogP contribution in [0.4, 0.5) is 14.6 Å². The van der Waals surface area contributed by atoms with E-state index in [2.05, 4.69) is 5.10 Å². The molecule has 2 N–H and O–H groups in total. The van der Waals surface area contributed by atoms with Crippen LogP contribution in [0.15, 0.2) is 30.2 Å². The largest absolute Gasteiger partial charge is 0.382 e. The first-order valence-electron chi connectivity index (χ1n) is 4.18. The molecule has 3 nitrogen and oxygen atoms in total. The Bertz CT molecular complexity index is 406. The SMILES string of the molecule is Nc1ccn(C2=CC(F)CC(F)=C2)n1. The number of alkyl halides is 1. The standard InChI is InChI=1S/C9H9F2N3/c10-6-3-7(11)5-8(4-6)14-2-1-9(12)13-14/h1-2,4-6H,3H2,(H2,12,13). The Morgan fingerprint density at radius 3 is 2.93 bits per heavy atom. The maximum absolute atomic E-state index is 12.9. The molecule has 0 bridgehead atoms. The first-order chi connectivity index (χ1) is 6.65. The summed E-state index contributed by atoms with van der Waals surface area (Å²) in [6, 6.07) is 1.56. The molecule has 14 heavy (non-hydrogen) atoms. The monoisotopic (exact) mass is 197 g/mol. The number of allylic oxidation sites excluding steroid dienone is 4. The summed E-state index contributed by atoms with van der Waals surface area (Å²) >= 11 is 0. The number of aromatic nitrogens is 2. The van der Waals surface area contributed by atoms with Crippen LogP contribution in [-0.4, -0.2) is 16.0 Å². The van der Waals surface area contributed by atoms with E-state index < -0.39 is 12.0 Å². The molecule has 0 radical (unpaired) electrons. The first-order valence-corrected chi connectivity index (χ1v) is 4.18. The van der Waals surface area contributed by atoms with E-state index in [-0.39, 0.29) is 6.42 Å². The topological polar surface area (TPSA) is 43.8 Å². The second kappa shape index (κ2) is 3.25. The highest BCUT2D eigenvalue weighted by Gasteiger charge is 2.15. The highest BCUT2D eigenvalue weighted by atomic mass is 19.1. The molecule has 1 heterocycles. The number of rotatable bonds is 1. The van der Waals surface area contributed by atoms with Gasteiger partial charge in [0.05, 0.1) is 5.70 Å². The van der Waals surface area contributed by atoms with Crippen molar-refractivity contribution >= 4 is 11.5 Å². The summed E-state index contributed by atoms with van der Waals surface area (Å²) in [7, 11) is 0. The van der Waals surface area contributed by atoms with Crippen molar-refractivity contribution in [3.8, 4) is 0 Å². The Kier molecular flexibility index (Phi) is 2.07. The predicted molar refractivity (Wildman–Crippen MR) is 49.6 cm³/mol. The summed E-state index contributed by atoms with van der Waals surface area (Å²) in [5.41, 5.74) is 5.76. The third-order valence-electron chi connectivity index (χ3n) is 1.92. The molecule has 1 unspecified atom stereocenters. The van der Waals surface area contributed by atoms with Crippen LogP contribution in [0.25, 0.3) is 5.70 Å². The summed E-state index contributed by atoms with van der Waals surface area (Å²) in [4.78, 5) is 0. The average molecular weight is 197 g/mol. The molecule has 5 heteroatoms. The van der Waals surface area contributed by atoms with E-state index in [1.807, 2.05) is 0 Å². The fraction of sp³-hybridized carbons (Fsp3) is 0.222. The quantitative estimate of drug-likeness (QED) is 0.747. The van der Waals surface area contributed by atoms with Crippen molar-refractivity contribution in [1.82, 2.24) is 9.78 Å². The van der Waals surface area contributed by atoms with Gasteiger partial charge in [-0.3, -0.25) is 0 Å². The van der Waals surface area contributed by atoms with Gasteiger partial charge in [0, 0.05) is 18.7 Å². The Labute approximate surface area is 79.5 Å². The average Bonchev–Trinajstić information content (AvgIpc) is 2.50. The van der Waals surface area contributed by atoms with Crippen LogP contribution in [0.2, 0.25) is 0 Å². The molecule has 0 saturated carbocycles. The molecule has 1 aromatic rings. The Balaban J connectivity index is 2.35. The number of hydrogen-bond donors (Lipinski definition) is 1. The van der Waals surface area contributed by atoms with Gasteiger partial charge < -0.3 is 5.73 Å². The Hall–Kier alpha value is -1.65. The lowest BCUT2D eigenvalue weighted by atomic mass is 10.1. The van der Waals surface area contributed by atoms with Gasteiger partial charge in [0.15, 0.2) is 0 Å². The van der Waals surface area contributed by atoms with Gasteiger partial charge in [-0.05, 0) is 12.2 Å². The molecule has 2 rings (SSSR count). The first kappa shape index (κ1) is 8.93. The van der Waals surface area contributed by atoms with Gasteiger partial charge >= 0.3 is 0 Å². The van der Waals surface area contributed by atoms with Gasteiger partial charge in [-0.1, -0.05) is 0 Å². The normalized spacial score (nSPS) is 21.7. The fourth-order valence-corrected chi connectivity index (χ4v) is 1.32. The van der Waals surface area contributed by atoms with Crippen molar-refractivity contribution in [3.63, 3.8) is 0 Å². The lowest BCUT2D eigenvalue weighted by Gasteiger charge is -2.11. The molecule has 1 aliphatic carbocycles. The Morgan fingerprint density at radius 1 is 1.57 bits per heavy atom. The lowest BCUT2D eigenvalue weighted by Crippen LogP contribution is -2.07. The minimum atomic E-state index is -1.29. The number of nitrogens with zero attached hydrogens (tertiary/aromatic N) is 2. The minimum absolute atomic E-state index is 0.194. The molecular formula is C9H9F2N3. The van der Waals surface area contributed by atoms with Gasteiger partial charge in [-0.2, -0.15) is 5.10 Å². The highest BCUT2D eigenvalue weighted by Crippen LogP contribution is 2.23. The number of nitrogens with two attached hydrogens (primary N) is 1. The second-order valence-corrected chi connectivity index (χ2v) is 3.09. The van der Waals surface area contributed by atoms with E-state index in [0.717, 1.165) is 0 Å². The molecule has 0 amide bonds. The predicted octanol–water partition coefficient (Wildman–Crippen LogP) is 1.90. The van der Waals surface area contributed by atoms with Crippen LogP contribution in [0.3, 0.4) is 0 Å². The third kappa shape index (κ3) is 1.66. The lowest BCUT2D eigenvalue weighted by molar-refractivity contribution is 0.369. The molecule has 0 aromatic carbocycles. The summed E-state index contributed by atoms with van der Waals surface area (Å²) in [5.74, 6) is -0.162. The van der Waals surface area contributed by atoms with E-state index in [1.54, 1.807) is 12.3 Å². The molecule has 0 saturated heterocycles. The van der Waals surface area contributed by atoms with Crippen molar-refractivity contribution in [2.75, 3.05) is 5.73 Å². The molecule has 0 spiro atoms. The van der Waals surface area contributed by atoms with E-state index in [4.69, 9.17) is 5.73 Å². The smallest absolute Gasteiger partial charge is 0.145 e. The Morgan fingerprint density at radius 2 is 2.36 bits per heavy atom. The van der Waals surface area contributed by atoms with Crippen LogP contribution in [0.1, 0.15) is 6.42 Å². The van der Waals surface area contributed by atoms with Crippen molar-refractivity contribution in [1.29, 1.82) is 0 Å². The fourth-order valence-electron chi connectivity index (χ4n) is 1.32. The molecule has 1 aromatic heterocycles. The number of nitrogen functional groups attached to an aromatic ring is 1. The molecular weight excluding hydrogens is 188 g/mol. The van der Waals surface area contributed by atoms with Gasteiger partial charge in [-0.15, -0.1) is 0 Å². The zero-order valence-electron chi connectivity index (χ0n) is 7.32.